The van der Waals surface area contributed by atoms with Gasteiger partial charge >= 0.3 is 0 Å². The summed E-state index contributed by atoms with van der Waals surface area (Å²) in [5.74, 6) is 0.692. The monoisotopic (exact) mass is 446 g/mol. The van der Waals surface area contributed by atoms with Crippen LogP contribution in [0, 0.1) is 6.92 Å². The maximum atomic E-state index is 6.47. The molecule has 164 valence electrons. The zero-order valence-electron chi connectivity index (χ0n) is 18.2. The van der Waals surface area contributed by atoms with Crippen molar-refractivity contribution < 1.29 is 0 Å². The fourth-order valence-electron chi connectivity index (χ4n) is 4.20. The Labute approximate surface area is 193 Å². The summed E-state index contributed by atoms with van der Waals surface area (Å²) in [4.78, 5) is 14.8. The third-order valence-corrected chi connectivity index (χ3v) is 6.17. The molecule has 3 N–H and O–H groups in total. The highest BCUT2D eigenvalue weighted by Gasteiger charge is 2.14. The number of fused-ring (bicyclic) bond motifs is 1. The molecule has 0 spiro atoms. The molecule has 2 aromatic carbocycles. The van der Waals surface area contributed by atoms with Crippen molar-refractivity contribution in [1.82, 2.24) is 20.3 Å². The van der Waals surface area contributed by atoms with Gasteiger partial charge in [0.2, 0.25) is 5.95 Å². The molecule has 7 heteroatoms. The number of nitrogens with one attached hydrogen (secondary N) is 3. The fourth-order valence-corrected chi connectivity index (χ4v) is 4.36. The minimum atomic E-state index is 0.664. The second kappa shape index (κ2) is 9.18. The van der Waals surface area contributed by atoms with Crippen LogP contribution in [0.1, 0.15) is 29.7 Å². The first-order chi connectivity index (χ1) is 15.6. The summed E-state index contributed by atoms with van der Waals surface area (Å²) in [6.07, 6.45) is 4.37. The van der Waals surface area contributed by atoms with Crippen LogP contribution in [-0.4, -0.2) is 28.0 Å². The Kier molecular flexibility index (Phi) is 5.97. The van der Waals surface area contributed by atoms with Gasteiger partial charge in [-0.15, -0.1) is 0 Å². The molecule has 2 aromatic heterocycles. The van der Waals surface area contributed by atoms with E-state index in [1.54, 1.807) is 0 Å². The van der Waals surface area contributed by atoms with Gasteiger partial charge in [0.1, 0.15) is 0 Å². The third kappa shape index (κ3) is 4.71. The predicted molar refractivity (Wildman–Crippen MR) is 132 cm³/mol. The molecule has 0 bridgehead atoms. The number of aryl methyl sites for hydroxylation is 1. The van der Waals surface area contributed by atoms with Gasteiger partial charge in [0.25, 0.3) is 0 Å². The van der Waals surface area contributed by atoms with Crippen LogP contribution in [0.3, 0.4) is 0 Å². The van der Waals surface area contributed by atoms with Crippen LogP contribution < -0.4 is 15.5 Å². The molecule has 1 aliphatic rings. The van der Waals surface area contributed by atoms with Gasteiger partial charge in [0.05, 0.1) is 21.7 Å². The lowest BCUT2D eigenvalue weighted by atomic mass is 10.2. The van der Waals surface area contributed by atoms with E-state index in [0.717, 1.165) is 54.2 Å². The average Bonchev–Trinajstić information content (AvgIpc) is 3.45. The standard InChI is InChI=1S/C25H27ClN6/c1-17-12-19(8-9-28-17)16-27-15-18-4-6-21(26)23(13-18)30-25-29-22-7-5-20(14-24(22)31-25)32-10-2-3-11-32/h4-9,12-14,27H,2-3,10-11,15-16H2,1H3,(H2,29,30,31). The number of H-pyrrole nitrogens is 1. The number of benzene rings is 2. The number of hydrogen-bond donors (Lipinski definition) is 3. The first-order valence-electron chi connectivity index (χ1n) is 11.1. The zero-order chi connectivity index (χ0) is 21.9. The number of hydrogen-bond acceptors (Lipinski definition) is 5. The van der Waals surface area contributed by atoms with E-state index in [0.29, 0.717) is 11.0 Å². The molecule has 0 unspecified atom stereocenters. The lowest BCUT2D eigenvalue weighted by Crippen LogP contribution is -2.17. The summed E-state index contributed by atoms with van der Waals surface area (Å²) in [7, 11) is 0. The van der Waals surface area contributed by atoms with E-state index in [4.69, 9.17) is 16.6 Å². The fraction of sp³-hybridized carbons (Fsp3) is 0.280. The summed E-state index contributed by atoms with van der Waals surface area (Å²) in [5, 5.41) is 7.51. The Balaban J connectivity index is 1.27. The second-order valence-corrected chi connectivity index (χ2v) is 8.74. The van der Waals surface area contributed by atoms with Gasteiger partial charge in [0.15, 0.2) is 0 Å². The Morgan fingerprint density at radius 3 is 2.62 bits per heavy atom. The van der Waals surface area contributed by atoms with E-state index in [2.05, 4.69) is 55.8 Å². The molecule has 4 aromatic rings. The van der Waals surface area contributed by atoms with E-state index in [9.17, 15) is 0 Å². The first-order valence-corrected chi connectivity index (χ1v) is 11.4. The molecule has 5 rings (SSSR count). The van der Waals surface area contributed by atoms with Crippen molar-refractivity contribution in [3.63, 3.8) is 0 Å². The number of halogens is 1. The van der Waals surface area contributed by atoms with Crippen molar-refractivity contribution in [2.45, 2.75) is 32.9 Å². The highest BCUT2D eigenvalue weighted by atomic mass is 35.5. The Morgan fingerprint density at radius 2 is 1.81 bits per heavy atom. The Hall–Kier alpha value is -3.09. The van der Waals surface area contributed by atoms with Gasteiger partial charge in [-0.2, -0.15) is 0 Å². The van der Waals surface area contributed by atoms with Crippen LogP contribution >= 0.6 is 11.6 Å². The number of imidazole rings is 1. The molecule has 6 nitrogen and oxygen atoms in total. The summed E-state index contributed by atoms with van der Waals surface area (Å²) < 4.78 is 0. The van der Waals surface area contributed by atoms with Crippen molar-refractivity contribution in [3.05, 3.63) is 76.6 Å². The normalized spacial score (nSPS) is 13.8. The number of pyridine rings is 1. The first kappa shape index (κ1) is 20.8. The maximum Gasteiger partial charge on any atom is 0.205 e. The topological polar surface area (TPSA) is 68.9 Å². The Bertz CT molecular complexity index is 1230. The van der Waals surface area contributed by atoms with Crippen LogP contribution in [-0.2, 0) is 13.1 Å². The molecule has 32 heavy (non-hydrogen) atoms. The van der Waals surface area contributed by atoms with Crippen molar-refractivity contribution in [2.75, 3.05) is 23.3 Å². The van der Waals surface area contributed by atoms with Gasteiger partial charge in [-0.05, 0) is 73.4 Å². The van der Waals surface area contributed by atoms with Crippen LogP contribution in [0.25, 0.3) is 11.0 Å². The average molecular weight is 447 g/mol. The number of aromatic amines is 1. The SMILES string of the molecule is Cc1cc(CNCc2ccc(Cl)c(Nc3nc4ccc(N5CCCC5)cc4[nH]3)c2)ccn1. The second-order valence-electron chi connectivity index (χ2n) is 8.33. The van der Waals surface area contributed by atoms with Gasteiger partial charge in [-0.25, -0.2) is 4.98 Å². The number of nitrogens with zero attached hydrogens (tertiary/aromatic N) is 3. The van der Waals surface area contributed by atoms with Crippen molar-refractivity contribution in [1.29, 1.82) is 0 Å². The number of rotatable bonds is 7. The van der Waals surface area contributed by atoms with E-state index in [1.165, 1.54) is 24.1 Å². The maximum absolute atomic E-state index is 6.47. The van der Waals surface area contributed by atoms with E-state index >= 15 is 0 Å². The van der Waals surface area contributed by atoms with Crippen molar-refractivity contribution in [3.8, 4) is 0 Å². The quantitative estimate of drug-likeness (QED) is 0.347. The molecule has 0 aliphatic carbocycles. The minimum absolute atomic E-state index is 0.664. The van der Waals surface area contributed by atoms with Crippen LogP contribution in [0.15, 0.2) is 54.7 Å². The molecule has 0 radical (unpaired) electrons. The van der Waals surface area contributed by atoms with Gasteiger partial charge < -0.3 is 20.5 Å². The van der Waals surface area contributed by atoms with Crippen LogP contribution in [0.4, 0.5) is 17.3 Å². The number of aromatic nitrogens is 3. The van der Waals surface area contributed by atoms with Crippen LogP contribution in [0.5, 0.6) is 0 Å². The van der Waals surface area contributed by atoms with E-state index < -0.39 is 0 Å². The summed E-state index contributed by atoms with van der Waals surface area (Å²) in [6.45, 7) is 5.79. The molecule has 3 heterocycles. The lowest BCUT2D eigenvalue weighted by Gasteiger charge is -2.17. The van der Waals surface area contributed by atoms with Gasteiger partial charge in [-0.1, -0.05) is 17.7 Å². The molecule has 0 amide bonds. The smallest absolute Gasteiger partial charge is 0.205 e. The highest BCUT2D eigenvalue weighted by molar-refractivity contribution is 6.33. The molecule has 1 fully saturated rings. The van der Waals surface area contributed by atoms with E-state index in [-0.39, 0.29) is 0 Å². The molecule has 1 aliphatic heterocycles. The molecular formula is C25H27ClN6. The summed E-state index contributed by atoms with van der Waals surface area (Å²) >= 11 is 6.47. The molecule has 0 atom stereocenters. The largest absolute Gasteiger partial charge is 0.371 e. The highest BCUT2D eigenvalue weighted by Crippen LogP contribution is 2.28. The van der Waals surface area contributed by atoms with Crippen LogP contribution in [0.2, 0.25) is 5.02 Å². The lowest BCUT2D eigenvalue weighted by molar-refractivity contribution is 0.692. The van der Waals surface area contributed by atoms with Crippen molar-refractivity contribution >= 4 is 40.0 Å². The predicted octanol–water partition coefficient (Wildman–Crippen LogP) is 5.55. The molecule has 1 saturated heterocycles. The Morgan fingerprint density at radius 1 is 1.00 bits per heavy atom. The van der Waals surface area contributed by atoms with Gasteiger partial charge in [0, 0.05) is 43.8 Å². The molecular weight excluding hydrogens is 420 g/mol. The summed E-state index contributed by atoms with van der Waals surface area (Å²) in [5.41, 5.74) is 7.46. The zero-order valence-corrected chi connectivity index (χ0v) is 18.9. The van der Waals surface area contributed by atoms with E-state index in [1.807, 2.05) is 31.3 Å². The number of anilines is 3. The third-order valence-electron chi connectivity index (χ3n) is 5.84. The van der Waals surface area contributed by atoms with Crippen molar-refractivity contribution in [2.24, 2.45) is 0 Å². The van der Waals surface area contributed by atoms with Gasteiger partial charge in [-0.3, -0.25) is 4.98 Å². The summed E-state index contributed by atoms with van der Waals surface area (Å²) in [6, 6.07) is 16.6. The minimum Gasteiger partial charge on any atom is -0.371 e. The molecule has 0 saturated carbocycles.